The molecule has 2 N–H and O–H groups in total. The first-order valence-corrected chi connectivity index (χ1v) is 5.93. The summed E-state index contributed by atoms with van der Waals surface area (Å²) in [5, 5.41) is 0. The molecule has 1 heterocycles. The number of nitrogens with two attached hydrogens (primary N) is 1. The Bertz CT molecular complexity index is 99.4. The lowest BCUT2D eigenvalue weighted by Crippen LogP contribution is -2.30. The van der Waals surface area contributed by atoms with Crippen molar-refractivity contribution in [2.24, 2.45) is 5.73 Å². The van der Waals surface area contributed by atoms with Gasteiger partial charge in [-0.15, -0.1) is 0 Å². The Labute approximate surface area is 90.9 Å². The molecule has 2 nitrogen and oxygen atoms in total. The van der Waals surface area contributed by atoms with Gasteiger partial charge in [0.2, 0.25) is 0 Å². The molecule has 0 amide bonds. The van der Waals surface area contributed by atoms with Crippen molar-refractivity contribution in [1.82, 2.24) is 4.90 Å². The molecular formula is C12H30N2. The molecule has 0 aromatic heterocycles. The Hall–Kier alpha value is -0.0800. The fourth-order valence-corrected chi connectivity index (χ4v) is 0.875. The molecule has 0 unspecified atom stereocenters. The number of hydrogen-bond acceptors (Lipinski definition) is 2. The lowest BCUT2D eigenvalue weighted by molar-refractivity contribution is 0.418. The van der Waals surface area contributed by atoms with Crippen LogP contribution in [0.25, 0.3) is 0 Å². The Kier molecular flexibility index (Phi) is 11.1. The summed E-state index contributed by atoms with van der Waals surface area (Å²) in [5.74, 6) is 0. The SMILES string of the molecule is CC.CCC(C)(C)N.CN1CCCC1. The minimum Gasteiger partial charge on any atom is -0.326 e. The second-order valence-electron chi connectivity index (χ2n) is 4.35. The highest BCUT2D eigenvalue weighted by Gasteiger charge is 2.03. The third kappa shape index (κ3) is 14.4. The van der Waals surface area contributed by atoms with E-state index in [1.807, 2.05) is 27.7 Å². The summed E-state index contributed by atoms with van der Waals surface area (Å²) >= 11 is 0. The predicted octanol–water partition coefficient (Wildman–Crippen LogP) is 2.87. The van der Waals surface area contributed by atoms with Gasteiger partial charge in [-0.2, -0.15) is 0 Å². The smallest absolute Gasteiger partial charge is 0.00944 e. The van der Waals surface area contributed by atoms with Crippen LogP contribution in [-0.4, -0.2) is 30.6 Å². The van der Waals surface area contributed by atoms with Crippen molar-refractivity contribution in [3.63, 3.8) is 0 Å². The summed E-state index contributed by atoms with van der Waals surface area (Å²) in [5.41, 5.74) is 5.58. The molecule has 2 heteroatoms. The molecule has 1 aliphatic heterocycles. The van der Waals surface area contributed by atoms with Crippen LogP contribution in [0.1, 0.15) is 53.9 Å². The van der Waals surface area contributed by atoms with E-state index in [2.05, 4.69) is 18.9 Å². The van der Waals surface area contributed by atoms with Crippen molar-refractivity contribution in [3.8, 4) is 0 Å². The van der Waals surface area contributed by atoms with Gasteiger partial charge in [0.1, 0.15) is 0 Å². The van der Waals surface area contributed by atoms with Gasteiger partial charge in [0.05, 0.1) is 0 Å². The highest BCUT2D eigenvalue weighted by molar-refractivity contribution is 4.67. The zero-order chi connectivity index (χ0) is 11.6. The Morgan fingerprint density at radius 3 is 1.50 bits per heavy atom. The van der Waals surface area contributed by atoms with Gasteiger partial charge < -0.3 is 10.6 Å². The molecule has 0 atom stereocenters. The summed E-state index contributed by atoms with van der Waals surface area (Å²) < 4.78 is 0. The van der Waals surface area contributed by atoms with Gasteiger partial charge in [-0.1, -0.05) is 20.8 Å². The van der Waals surface area contributed by atoms with E-state index >= 15 is 0 Å². The van der Waals surface area contributed by atoms with Gasteiger partial charge in [-0.25, -0.2) is 0 Å². The molecule has 1 aliphatic rings. The third-order valence-electron chi connectivity index (χ3n) is 2.24. The molecule has 0 radical (unpaired) electrons. The largest absolute Gasteiger partial charge is 0.326 e. The van der Waals surface area contributed by atoms with Crippen molar-refractivity contribution in [2.45, 2.75) is 59.4 Å². The summed E-state index contributed by atoms with van der Waals surface area (Å²) in [6, 6.07) is 0. The summed E-state index contributed by atoms with van der Waals surface area (Å²) in [6.45, 7) is 12.8. The van der Waals surface area contributed by atoms with Gasteiger partial charge in [-0.3, -0.25) is 0 Å². The number of hydrogen-bond donors (Lipinski definition) is 1. The van der Waals surface area contributed by atoms with Gasteiger partial charge >= 0.3 is 0 Å². The fourth-order valence-electron chi connectivity index (χ4n) is 0.875. The van der Waals surface area contributed by atoms with Crippen LogP contribution in [0.3, 0.4) is 0 Å². The Morgan fingerprint density at radius 2 is 1.43 bits per heavy atom. The van der Waals surface area contributed by atoms with Gasteiger partial charge in [0.15, 0.2) is 0 Å². The monoisotopic (exact) mass is 202 g/mol. The van der Waals surface area contributed by atoms with Crippen LogP contribution in [-0.2, 0) is 0 Å². The normalized spacial score (nSPS) is 16.5. The van der Waals surface area contributed by atoms with E-state index in [0.717, 1.165) is 6.42 Å². The fraction of sp³-hybridized carbons (Fsp3) is 1.00. The van der Waals surface area contributed by atoms with Crippen LogP contribution in [0, 0.1) is 0 Å². The minimum atomic E-state index is 0.0417. The molecule has 14 heavy (non-hydrogen) atoms. The second-order valence-corrected chi connectivity index (χ2v) is 4.35. The average molecular weight is 202 g/mol. The topological polar surface area (TPSA) is 29.3 Å². The van der Waals surface area contributed by atoms with Gasteiger partial charge in [0, 0.05) is 5.54 Å². The summed E-state index contributed by atoms with van der Waals surface area (Å²) in [6.07, 6.45) is 3.88. The van der Waals surface area contributed by atoms with E-state index in [9.17, 15) is 0 Å². The van der Waals surface area contributed by atoms with E-state index in [1.54, 1.807) is 0 Å². The highest BCUT2D eigenvalue weighted by Crippen LogP contribution is 2.02. The lowest BCUT2D eigenvalue weighted by atomic mass is 10.1. The molecule has 0 bridgehead atoms. The molecule has 0 aliphatic carbocycles. The van der Waals surface area contributed by atoms with Crippen molar-refractivity contribution in [3.05, 3.63) is 0 Å². The summed E-state index contributed by atoms with van der Waals surface area (Å²) in [4.78, 5) is 2.36. The molecule has 88 valence electrons. The van der Waals surface area contributed by atoms with Crippen LogP contribution in [0.4, 0.5) is 0 Å². The molecule has 0 aromatic carbocycles. The molecule has 0 aromatic rings. The Morgan fingerprint density at radius 1 is 1.14 bits per heavy atom. The van der Waals surface area contributed by atoms with Crippen molar-refractivity contribution in [1.29, 1.82) is 0 Å². The third-order valence-corrected chi connectivity index (χ3v) is 2.24. The van der Waals surface area contributed by atoms with Crippen LogP contribution in [0.2, 0.25) is 0 Å². The molecule has 0 spiro atoms. The van der Waals surface area contributed by atoms with Crippen LogP contribution in [0.15, 0.2) is 0 Å². The van der Waals surface area contributed by atoms with Crippen LogP contribution < -0.4 is 5.73 Å². The standard InChI is InChI=1S/C5H11N.C5H13N.C2H6/c1-6-4-2-3-5-6;1-4-5(2,3)6;1-2/h2-5H2,1H3;4,6H2,1-3H3;1-2H3. The number of likely N-dealkylation sites (tertiary alicyclic amines) is 1. The quantitative estimate of drug-likeness (QED) is 0.708. The Balaban J connectivity index is 0. The zero-order valence-corrected chi connectivity index (χ0v) is 11.1. The second kappa shape index (κ2) is 9.47. The predicted molar refractivity (Wildman–Crippen MR) is 66.6 cm³/mol. The minimum absolute atomic E-state index is 0.0417. The van der Waals surface area contributed by atoms with Crippen molar-refractivity contribution in [2.75, 3.05) is 20.1 Å². The molecular weight excluding hydrogens is 172 g/mol. The molecule has 0 saturated carbocycles. The first kappa shape index (κ1) is 16.4. The average Bonchev–Trinajstić information content (AvgIpc) is 2.59. The van der Waals surface area contributed by atoms with E-state index in [4.69, 9.17) is 5.73 Å². The van der Waals surface area contributed by atoms with E-state index in [0.29, 0.717) is 0 Å². The molecule has 1 rings (SSSR count). The van der Waals surface area contributed by atoms with E-state index in [-0.39, 0.29) is 5.54 Å². The van der Waals surface area contributed by atoms with Gasteiger partial charge in [-0.05, 0) is 53.2 Å². The maximum Gasteiger partial charge on any atom is 0.00944 e. The van der Waals surface area contributed by atoms with E-state index in [1.165, 1.54) is 25.9 Å². The van der Waals surface area contributed by atoms with Crippen LogP contribution in [0.5, 0.6) is 0 Å². The zero-order valence-electron chi connectivity index (χ0n) is 11.1. The van der Waals surface area contributed by atoms with Crippen molar-refractivity contribution >= 4 is 0 Å². The number of nitrogens with zero attached hydrogens (tertiary/aromatic N) is 1. The maximum absolute atomic E-state index is 5.53. The van der Waals surface area contributed by atoms with E-state index < -0.39 is 0 Å². The first-order chi connectivity index (χ1) is 6.45. The molecule has 1 saturated heterocycles. The summed E-state index contributed by atoms with van der Waals surface area (Å²) in [7, 11) is 2.17. The van der Waals surface area contributed by atoms with Crippen LogP contribution >= 0.6 is 0 Å². The maximum atomic E-state index is 5.53. The first-order valence-electron chi connectivity index (χ1n) is 5.93. The van der Waals surface area contributed by atoms with Crippen molar-refractivity contribution < 1.29 is 0 Å². The number of rotatable bonds is 1. The lowest BCUT2D eigenvalue weighted by Gasteiger charge is -2.13. The van der Waals surface area contributed by atoms with Gasteiger partial charge in [0.25, 0.3) is 0 Å². The molecule has 1 fully saturated rings. The highest BCUT2D eigenvalue weighted by atomic mass is 15.1.